The van der Waals surface area contributed by atoms with Gasteiger partial charge >= 0.3 is 0 Å². The van der Waals surface area contributed by atoms with E-state index in [0.29, 0.717) is 5.69 Å². The molecule has 0 fully saturated rings. The fourth-order valence-electron chi connectivity index (χ4n) is 3.75. The molecular weight excluding hydrogens is 438 g/mol. The lowest BCUT2D eigenvalue weighted by Gasteiger charge is -2.11. The maximum atomic E-state index is 11.4. The number of hydrogen-bond acceptors (Lipinski definition) is 3. The Hall–Kier alpha value is -3.57. The van der Waals surface area contributed by atoms with Gasteiger partial charge in [-0.1, -0.05) is 72.8 Å². The molecule has 0 bridgehead atoms. The SMILES string of the molecule is O=Nc1ccccc1-c1ccc(Br)c2c1nc(-c1ccccc1)n2-c1ccccc1. The molecule has 0 radical (unpaired) electrons. The Labute approximate surface area is 181 Å². The van der Waals surface area contributed by atoms with Gasteiger partial charge in [-0.3, -0.25) is 4.57 Å². The van der Waals surface area contributed by atoms with Gasteiger partial charge < -0.3 is 0 Å². The number of nitroso groups, excluding NO2 is 1. The topological polar surface area (TPSA) is 47.2 Å². The molecule has 0 atom stereocenters. The number of halogens is 1. The summed E-state index contributed by atoms with van der Waals surface area (Å²) in [6.45, 7) is 0. The Morgan fingerprint density at radius 3 is 2.13 bits per heavy atom. The van der Waals surface area contributed by atoms with E-state index in [9.17, 15) is 4.91 Å². The number of hydrogen-bond donors (Lipinski definition) is 0. The molecule has 30 heavy (non-hydrogen) atoms. The number of para-hydroxylation sites is 1. The summed E-state index contributed by atoms with van der Waals surface area (Å²) in [6, 6.07) is 31.6. The van der Waals surface area contributed by atoms with E-state index in [1.807, 2.05) is 66.7 Å². The lowest BCUT2D eigenvalue weighted by molar-refractivity contribution is 1.10. The van der Waals surface area contributed by atoms with Crippen LogP contribution in [-0.4, -0.2) is 9.55 Å². The van der Waals surface area contributed by atoms with Gasteiger partial charge in [0.15, 0.2) is 0 Å². The second kappa shape index (κ2) is 7.69. The molecule has 0 spiro atoms. The average molecular weight is 454 g/mol. The summed E-state index contributed by atoms with van der Waals surface area (Å²) in [7, 11) is 0. The van der Waals surface area contributed by atoms with Crippen LogP contribution in [0.2, 0.25) is 0 Å². The van der Waals surface area contributed by atoms with Crippen molar-refractivity contribution in [2.45, 2.75) is 0 Å². The van der Waals surface area contributed by atoms with Crippen LogP contribution in [0.25, 0.3) is 39.2 Å². The van der Waals surface area contributed by atoms with Crippen molar-refractivity contribution in [1.82, 2.24) is 9.55 Å². The van der Waals surface area contributed by atoms with Crippen LogP contribution in [0.15, 0.2) is 107 Å². The molecule has 0 saturated heterocycles. The minimum Gasteiger partial charge on any atom is -0.291 e. The van der Waals surface area contributed by atoms with E-state index >= 15 is 0 Å². The van der Waals surface area contributed by atoms with E-state index in [0.717, 1.165) is 43.7 Å². The Balaban J connectivity index is 1.91. The molecule has 1 heterocycles. The maximum absolute atomic E-state index is 11.4. The summed E-state index contributed by atoms with van der Waals surface area (Å²) in [6.07, 6.45) is 0. The normalized spacial score (nSPS) is 11.0. The Bertz CT molecular complexity index is 1360. The van der Waals surface area contributed by atoms with Crippen LogP contribution in [0, 0.1) is 4.91 Å². The fraction of sp³-hybridized carbons (Fsp3) is 0. The number of aromatic nitrogens is 2. The van der Waals surface area contributed by atoms with Crippen LogP contribution in [0.3, 0.4) is 0 Å². The van der Waals surface area contributed by atoms with Crippen LogP contribution in [-0.2, 0) is 0 Å². The van der Waals surface area contributed by atoms with Crippen molar-refractivity contribution in [3.63, 3.8) is 0 Å². The highest BCUT2D eigenvalue weighted by atomic mass is 79.9. The van der Waals surface area contributed by atoms with Crippen molar-refractivity contribution < 1.29 is 0 Å². The van der Waals surface area contributed by atoms with Crippen LogP contribution in [0.1, 0.15) is 0 Å². The van der Waals surface area contributed by atoms with Crippen molar-refractivity contribution in [2.75, 3.05) is 0 Å². The van der Waals surface area contributed by atoms with E-state index in [4.69, 9.17) is 4.98 Å². The predicted octanol–water partition coefficient (Wildman–Crippen LogP) is 7.52. The van der Waals surface area contributed by atoms with Gasteiger partial charge in [0.2, 0.25) is 0 Å². The molecule has 4 nitrogen and oxygen atoms in total. The number of fused-ring (bicyclic) bond motifs is 1. The summed E-state index contributed by atoms with van der Waals surface area (Å²) in [5, 5.41) is 3.23. The smallest absolute Gasteiger partial charge is 0.145 e. The van der Waals surface area contributed by atoms with Crippen molar-refractivity contribution in [1.29, 1.82) is 0 Å². The molecule has 5 aromatic rings. The zero-order valence-corrected chi connectivity index (χ0v) is 17.5. The first-order valence-corrected chi connectivity index (χ1v) is 10.3. The number of benzene rings is 4. The first kappa shape index (κ1) is 18.5. The monoisotopic (exact) mass is 453 g/mol. The van der Waals surface area contributed by atoms with E-state index in [2.05, 4.69) is 49.9 Å². The zero-order chi connectivity index (χ0) is 20.5. The summed E-state index contributed by atoms with van der Waals surface area (Å²) in [4.78, 5) is 16.5. The van der Waals surface area contributed by atoms with E-state index in [1.165, 1.54) is 0 Å². The quantitative estimate of drug-likeness (QED) is 0.264. The van der Waals surface area contributed by atoms with Crippen molar-refractivity contribution in [2.24, 2.45) is 5.18 Å². The van der Waals surface area contributed by atoms with Gasteiger partial charge in [0, 0.05) is 26.9 Å². The third-order valence-corrected chi connectivity index (χ3v) is 5.73. The maximum Gasteiger partial charge on any atom is 0.145 e. The second-order valence-corrected chi connectivity index (χ2v) is 7.73. The summed E-state index contributed by atoms with van der Waals surface area (Å²) in [5.74, 6) is 0.835. The number of nitrogens with zero attached hydrogens (tertiary/aromatic N) is 3. The third-order valence-electron chi connectivity index (χ3n) is 5.09. The van der Waals surface area contributed by atoms with Gasteiger partial charge in [-0.05, 0) is 45.4 Å². The number of rotatable bonds is 4. The van der Waals surface area contributed by atoms with Crippen LogP contribution < -0.4 is 0 Å². The molecule has 0 amide bonds. The molecule has 1 aromatic heterocycles. The van der Waals surface area contributed by atoms with E-state index in [-0.39, 0.29) is 0 Å². The minimum atomic E-state index is 0.400. The molecule has 0 N–H and O–H groups in total. The Morgan fingerprint density at radius 1 is 0.733 bits per heavy atom. The standard InChI is InChI=1S/C25H16BrN3O/c26-21-16-15-20(19-13-7-8-14-22(19)28-30)23-24(21)29(18-11-5-2-6-12-18)25(27-23)17-9-3-1-4-10-17/h1-16H. The van der Waals surface area contributed by atoms with Gasteiger partial charge in [-0.15, -0.1) is 4.91 Å². The molecule has 5 rings (SSSR count). The molecule has 0 aliphatic carbocycles. The van der Waals surface area contributed by atoms with Crippen molar-refractivity contribution >= 4 is 32.7 Å². The average Bonchev–Trinajstić information content (AvgIpc) is 3.22. The van der Waals surface area contributed by atoms with Crippen molar-refractivity contribution in [3.05, 3.63) is 106 Å². The molecule has 5 heteroatoms. The first-order chi connectivity index (χ1) is 14.8. The molecular formula is C25H16BrN3O. The molecule has 4 aromatic carbocycles. The van der Waals surface area contributed by atoms with Gasteiger partial charge in [0.1, 0.15) is 11.5 Å². The molecule has 0 aliphatic rings. The highest BCUT2D eigenvalue weighted by Crippen LogP contribution is 2.40. The first-order valence-electron chi connectivity index (χ1n) is 9.52. The molecule has 0 unspecified atom stereocenters. The lowest BCUT2D eigenvalue weighted by Crippen LogP contribution is -1.97. The molecule has 0 saturated carbocycles. The largest absolute Gasteiger partial charge is 0.291 e. The Morgan fingerprint density at radius 2 is 1.40 bits per heavy atom. The van der Waals surface area contributed by atoms with Gasteiger partial charge in [0.25, 0.3) is 0 Å². The summed E-state index contributed by atoms with van der Waals surface area (Å²) in [5.41, 5.74) is 5.81. The van der Waals surface area contributed by atoms with Gasteiger partial charge in [0.05, 0.1) is 11.0 Å². The van der Waals surface area contributed by atoms with Crippen molar-refractivity contribution in [3.8, 4) is 28.2 Å². The zero-order valence-electron chi connectivity index (χ0n) is 15.9. The molecule has 0 aliphatic heterocycles. The van der Waals surface area contributed by atoms with Crippen LogP contribution in [0.4, 0.5) is 5.69 Å². The molecule has 144 valence electrons. The fourth-order valence-corrected chi connectivity index (χ4v) is 4.25. The third kappa shape index (κ3) is 3.04. The highest BCUT2D eigenvalue weighted by molar-refractivity contribution is 9.10. The second-order valence-electron chi connectivity index (χ2n) is 6.87. The predicted molar refractivity (Wildman–Crippen MR) is 125 cm³/mol. The highest BCUT2D eigenvalue weighted by Gasteiger charge is 2.20. The Kier molecular flexibility index (Phi) is 4.73. The van der Waals surface area contributed by atoms with E-state index in [1.54, 1.807) is 6.07 Å². The van der Waals surface area contributed by atoms with Crippen LogP contribution >= 0.6 is 15.9 Å². The van der Waals surface area contributed by atoms with E-state index < -0.39 is 0 Å². The minimum absolute atomic E-state index is 0.400. The number of imidazole rings is 1. The summed E-state index contributed by atoms with van der Waals surface area (Å²) >= 11 is 3.73. The van der Waals surface area contributed by atoms with Gasteiger partial charge in [-0.2, -0.15) is 0 Å². The van der Waals surface area contributed by atoms with Gasteiger partial charge in [-0.25, -0.2) is 4.98 Å². The lowest BCUT2D eigenvalue weighted by atomic mass is 10.0. The van der Waals surface area contributed by atoms with Crippen LogP contribution in [0.5, 0.6) is 0 Å². The summed E-state index contributed by atoms with van der Waals surface area (Å²) < 4.78 is 3.08.